The molecule has 32 heavy (non-hydrogen) atoms. The Morgan fingerprint density at radius 3 is 2.44 bits per heavy atom. The fourth-order valence-electron chi connectivity index (χ4n) is 3.69. The van der Waals surface area contributed by atoms with Crippen LogP contribution in [0, 0.1) is 0 Å². The summed E-state index contributed by atoms with van der Waals surface area (Å²) in [7, 11) is -1.63. The smallest absolute Gasteiger partial charge is 0.236 e. The van der Waals surface area contributed by atoms with Crippen molar-refractivity contribution in [2.45, 2.75) is 24.8 Å². The molecule has 1 aliphatic carbocycles. The molecular formula is C24H27N3O4S. The molecular weight excluding hydrogens is 426 g/mol. The van der Waals surface area contributed by atoms with Gasteiger partial charge in [0.15, 0.2) is 0 Å². The lowest BCUT2D eigenvalue weighted by Crippen LogP contribution is -2.28. The normalized spacial score (nSPS) is 14.6. The maximum atomic E-state index is 13.1. The number of aromatic nitrogens is 1. The minimum atomic E-state index is -3.24. The van der Waals surface area contributed by atoms with E-state index >= 15 is 0 Å². The van der Waals surface area contributed by atoms with Crippen molar-refractivity contribution in [1.82, 2.24) is 9.71 Å². The van der Waals surface area contributed by atoms with Gasteiger partial charge in [0, 0.05) is 19.1 Å². The minimum Gasteiger partial charge on any atom is -0.496 e. The molecule has 0 aliphatic heterocycles. The Labute approximate surface area is 189 Å². The maximum Gasteiger partial charge on any atom is 0.236 e. The van der Waals surface area contributed by atoms with Crippen LogP contribution in [0.3, 0.4) is 0 Å². The van der Waals surface area contributed by atoms with Crippen LogP contribution in [0.4, 0.5) is 5.82 Å². The van der Waals surface area contributed by atoms with Gasteiger partial charge in [0.1, 0.15) is 11.6 Å². The lowest BCUT2D eigenvalue weighted by molar-refractivity contribution is -0.118. The van der Waals surface area contributed by atoms with Crippen LogP contribution in [0.5, 0.6) is 5.75 Å². The van der Waals surface area contributed by atoms with Crippen molar-refractivity contribution in [2.75, 3.05) is 18.7 Å². The summed E-state index contributed by atoms with van der Waals surface area (Å²) in [5.74, 6) is 1.11. The topological polar surface area (TPSA) is 97.4 Å². The van der Waals surface area contributed by atoms with Gasteiger partial charge >= 0.3 is 0 Å². The van der Waals surface area contributed by atoms with Crippen molar-refractivity contribution in [3.05, 3.63) is 77.9 Å². The molecule has 1 aromatic heterocycles. The summed E-state index contributed by atoms with van der Waals surface area (Å²) in [4.78, 5) is 17.7. The van der Waals surface area contributed by atoms with Gasteiger partial charge in [-0.2, -0.15) is 0 Å². The number of sulfonamides is 1. The van der Waals surface area contributed by atoms with Gasteiger partial charge < -0.3 is 10.1 Å². The van der Waals surface area contributed by atoms with Crippen LogP contribution in [0.1, 0.15) is 25.4 Å². The molecule has 4 rings (SSSR count). The molecule has 1 fully saturated rings. The van der Waals surface area contributed by atoms with Crippen LogP contribution >= 0.6 is 0 Å². The summed E-state index contributed by atoms with van der Waals surface area (Å²) in [5, 5.41) is 2.97. The van der Waals surface area contributed by atoms with Crippen molar-refractivity contribution in [3.63, 3.8) is 0 Å². The van der Waals surface area contributed by atoms with E-state index in [9.17, 15) is 13.2 Å². The Bertz CT molecular complexity index is 1240. The van der Waals surface area contributed by atoms with Gasteiger partial charge in [0.05, 0.1) is 24.5 Å². The van der Waals surface area contributed by atoms with E-state index in [0.29, 0.717) is 17.3 Å². The Balaban J connectivity index is 0.00000306. The van der Waals surface area contributed by atoms with Crippen LogP contribution in [-0.4, -0.2) is 32.7 Å². The largest absolute Gasteiger partial charge is 0.496 e. The fourth-order valence-corrected chi connectivity index (χ4v) is 4.12. The number of carbonyl (C=O) groups excluding carboxylic acids is 1. The molecule has 3 aromatic rings. The van der Waals surface area contributed by atoms with Crippen molar-refractivity contribution >= 4 is 21.7 Å². The zero-order valence-corrected chi connectivity index (χ0v) is 18.8. The number of hydrogen-bond acceptors (Lipinski definition) is 5. The lowest BCUT2D eigenvalue weighted by atomic mass is 9.94. The number of nitrogens with one attached hydrogen (secondary N) is 2. The molecule has 0 spiro atoms. The van der Waals surface area contributed by atoms with E-state index < -0.39 is 15.4 Å². The van der Waals surface area contributed by atoms with Gasteiger partial charge in [0.2, 0.25) is 15.9 Å². The molecule has 0 unspecified atom stereocenters. The SMILES string of the molecule is COc1ccccc1C1(C(=O)Nc2cccc(-c3ccc(CNS(C)(=O)=O)cc3)n2)CC1.[HH]. The number of carbonyl (C=O) groups is 1. The molecule has 1 heterocycles. The highest BCUT2D eigenvalue weighted by atomic mass is 32.2. The predicted octanol–water partition coefficient (Wildman–Crippen LogP) is 3.72. The molecule has 8 heteroatoms. The molecule has 1 aliphatic rings. The number of pyridine rings is 1. The summed E-state index contributed by atoms with van der Waals surface area (Å²) in [6.45, 7) is 0.230. The number of nitrogens with zero attached hydrogens (tertiary/aromatic N) is 1. The van der Waals surface area contributed by atoms with E-state index in [-0.39, 0.29) is 13.9 Å². The lowest BCUT2D eigenvalue weighted by Gasteiger charge is -2.18. The Hall–Kier alpha value is -3.23. The third-order valence-electron chi connectivity index (χ3n) is 5.59. The van der Waals surface area contributed by atoms with Gasteiger partial charge in [-0.15, -0.1) is 0 Å². The molecule has 0 atom stereocenters. The molecule has 7 nitrogen and oxygen atoms in total. The highest BCUT2D eigenvalue weighted by Crippen LogP contribution is 2.51. The van der Waals surface area contributed by atoms with E-state index in [2.05, 4.69) is 15.0 Å². The van der Waals surface area contributed by atoms with E-state index in [4.69, 9.17) is 4.74 Å². The second-order valence-corrected chi connectivity index (χ2v) is 9.77. The minimum absolute atomic E-state index is 0. The van der Waals surface area contributed by atoms with Gasteiger partial charge in [-0.1, -0.05) is 48.5 Å². The van der Waals surface area contributed by atoms with Crippen LogP contribution in [0.2, 0.25) is 0 Å². The Kier molecular flexibility index (Phi) is 5.99. The van der Waals surface area contributed by atoms with E-state index in [1.165, 1.54) is 0 Å². The molecule has 1 saturated carbocycles. The van der Waals surface area contributed by atoms with Crippen LogP contribution in [0.25, 0.3) is 11.3 Å². The van der Waals surface area contributed by atoms with E-state index in [0.717, 1.165) is 35.8 Å². The number of benzene rings is 2. The maximum absolute atomic E-state index is 13.1. The number of hydrogen-bond donors (Lipinski definition) is 2. The first-order valence-electron chi connectivity index (χ1n) is 10.3. The molecule has 0 saturated heterocycles. The number of amides is 1. The number of para-hydroxylation sites is 1. The van der Waals surface area contributed by atoms with Crippen LogP contribution in [-0.2, 0) is 26.8 Å². The Morgan fingerprint density at radius 2 is 1.78 bits per heavy atom. The first kappa shape index (κ1) is 22.0. The molecule has 2 aromatic carbocycles. The van der Waals surface area contributed by atoms with E-state index in [1.54, 1.807) is 13.2 Å². The van der Waals surface area contributed by atoms with E-state index in [1.807, 2.05) is 60.7 Å². The number of ether oxygens (including phenoxy) is 1. The third-order valence-corrected chi connectivity index (χ3v) is 6.25. The molecule has 1 amide bonds. The monoisotopic (exact) mass is 453 g/mol. The summed E-state index contributed by atoms with van der Waals surface area (Å²) in [6, 6.07) is 20.6. The number of rotatable bonds is 8. The average Bonchev–Trinajstić information content (AvgIpc) is 3.60. The predicted molar refractivity (Wildman–Crippen MR) is 126 cm³/mol. The third kappa shape index (κ3) is 4.81. The number of anilines is 1. The summed E-state index contributed by atoms with van der Waals surface area (Å²) in [5.41, 5.74) is 2.74. The highest BCUT2D eigenvalue weighted by molar-refractivity contribution is 7.88. The molecule has 0 radical (unpaired) electrons. The summed E-state index contributed by atoms with van der Waals surface area (Å²) < 4.78 is 30.4. The summed E-state index contributed by atoms with van der Waals surface area (Å²) in [6.07, 6.45) is 2.66. The van der Waals surface area contributed by atoms with Crippen molar-refractivity contribution in [2.24, 2.45) is 0 Å². The molecule has 168 valence electrons. The standard InChI is InChI=1S/C24H25N3O4S.H2/c1-31-21-8-4-3-6-19(21)24(14-15-24)23(28)27-22-9-5-7-20(26-22)18-12-10-17(11-13-18)16-25-32(2,29)30;/h3-13,25H,14-16H2,1-2H3,(H,26,27,28);1H. The van der Waals surface area contributed by atoms with Gasteiger partial charge in [-0.25, -0.2) is 18.1 Å². The van der Waals surface area contributed by atoms with Crippen molar-refractivity contribution < 1.29 is 19.4 Å². The first-order valence-corrected chi connectivity index (χ1v) is 12.2. The summed E-state index contributed by atoms with van der Waals surface area (Å²) >= 11 is 0. The van der Waals surface area contributed by atoms with Crippen molar-refractivity contribution in [3.8, 4) is 17.0 Å². The second-order valence-electron chi connectivity index (χ2n) is 7.93. The highest BCUT2D eigenvalue weighted by Gasteiger charge is 2.52. The van der Waals surface area contributed by atoms with Gasteiger partial charge in [-0.05, 0) is 36.6 Å². The fraction of sp³-hybridized carbons (Fsp3) is 0.250. The zero-order chi connectivity index (χ0) is 22.8. The van der Waals surface area contributed by atoms with Crippen molar-refractivity contribution in [1.29, 1.82) is 0 Å². The van der Waals surface area contributed by atoms with Crippen LogP contribution in [0.15, 0.2) is 66.7 Å². The molecule has 0 bridgehead atoms. The van der Waals surface area contributed by atoms with Gasteiger partial charge in [0.25, 0.3) is 0 Å². The zero-order valence-electron chi connectivity index (χ0n) is 18.0. The van der Waals surface area contributed by atoms with Gasteiger partial charge in [-0.3, -0.25) is 4.79 Å². The quantitative estimate of drug-likeness (QED) is 0.542. The average molecular weight is 454 g/mol. The Morgan fingerprint density at radius 1 is 1.06 bits per heavy atom. The molecule has 2 N–H and O–H groups in total. The first-order chi connectivity index (χ1) is 15.3. The second kappa shape index (κ2) is 8.72. The van der Waals surface area contributed by atoms with Crippen LogP contribution < -0.4 is 14.8 Å². The number of methoxy groups -OCH3 is 1.